The molecule has 1 aromatic carbocycles. The molecule has 0 amide bonds. The van der Waals surface area contributed by atoms with Gasteiger partial charge in [0.25, 0.3) is 0 Å². The van der Waals surface area contributed by atoms with Gasteiger partial charge in [-0.1, -0.05) is 18.2 Å². The summed E-state index contributed by atoms with van der Waals surface area (Å²) in [5, 5.41) is 10.1. The van der Waals surface area contributed by atoms with Crippen molar-refractivity contribution >= 4 is 17.3 Å². The van der Waals surface area contributed by atoms with Gasteiger partial charge in [-0.25, -0.2) is 12.8 Å². The number of benzene rings is 1. The van der Waals surface area contributed by atoms with E-state index in [-0.39, 0.29) is 11.3 Å². The molecule has 9 heteroatoms. The molecule has 2 N–H and O–H groups in total. The first-order valence-electron chi connectivity index (χ1n) is 8.44. The van der Waals surface area contributed by atoms with E-state index in [1.54, 1.807) is 32.0 Å². The lowest BCUT2D eigenvalue weighted by Crippen LogP contribution is -2.60. The van der Waals surface area contributed by atoms with Crippen molar-refractivity contribution in [2.75, 3.05) is 0 Å². The van der Waals surface area contributed by atoms with Crippen LogP contribution in [0.1, 0.15) is 48.0 Å². The summed E-state index contributed by atoms with van der Waals surface area (Å²) < 4.78 is 54.3. The number of rotatable bonds is 6. The first-order chi connectivity index (χ1) is 11.6. The highest BCUT2D eigenvalue weighted by atomic mass is 32.2. The molecule has 0 radical (unpaired) electrons. The predicted molar refractivity (Wildman–Crippen MR) is 97.6 cm³/mol. The summed E-state index contributed by atoms with van der Waals surface area (Å²) in [4.78, 5) is 0.0538. The molecule has 2 rings (SSSR count). The Morgan fingerprint density at radius 1 is 1.15 bits per heavy atom. The number of alkyl halides is 1. The summed E-state index contributed by atoms with van der Waals surface area (Å²) in [5.41, 5.74) is -5.90. The largest absolute Gasteiger partial charge is 0.570 e. The highest BCUT2D eigenvalue weighted by Gasteiger charge is 2.65. The van der Waals surface area contributed by atoms with Crippen LogP contribution in [0.3, 0.4) is 0 Å². The zero-order valence-corrected chi connectivity index (χ0v) is 16.9. The first-order valence-corrected chi connectivity index (χ1v) is 9.92. The Kier molecular flexibility index (Phi) is 5.38. The number of aliphatic hydroxyl groups is 1. The predicted octanol–water partition coefficient (Wildman–Crippen LogP) is 2.42. The molecule has 0 bridgehead atoms. The van der Waals surface area contributed by atoms with E-state index in [1.807, 2.05) is 0 Å². The summed E-state index contributed by atoms with van der Waals surface area (Å²) in [5.74, 6) is 0. The maximum absolute atomic E-state index is 15.6. The molecular weight excluding hydrogens is 360 g/mol. The second kappa shape index (κ2) is 6.56. The second-order valence-electron chi connectivity index (χ2n) is 8.23. The molecule has 26 heavy (non-hydrogen) atoms. The summed E-state index contributed by atoms with van der Waals surface area (Å²) >= 11 is 0. The standard InChI is InChI=1S/C17H27BFNO5S/c1-14(2,21)12-16(5,19)17(6)15(3,4)24-18(25-17)20-26(22,23)13-10-8-7-9-11-13/h7-11,20-21H,12H2,1-6H3. The van der Waals surface area contributed by atoms with Gasteiger partial charge in [-0.3, -0.25) is 0 Å². The SMILES string of the molecule is CC(C)(O)CC(C)(F)C1(C)OB(NS(=O)(=O)c2ccccc2)OC1(C)C. The van der Waals surface area contributed by atoms with Gasteiger partial charge in [0.1, 0.15) is 11.3 Å². The highest BCUT2D eigenvalue weighted by Crippen LogP contribution is 2.48. The third-order valence-corrected chi connectivity index (χ3v) is 6.35. The van der Waals surface area contributed by atoms with Crippen LogP contribution in [0.4, 0.5) is 4.39 Å². The summed E-state index contributed by atoms with van der Waals surface area (Å²) in [6.45, 7) is 9.12. The van der Waals surface area contributed by atoms with Gasteiger partial charge >= 0.3 is 7.25 Å². The van der Waals surface area contributed by atoms with Crippen molar-refractivity contribution in [3.05, 3.63) is 30.3 Å². The number of hydrogen-bond donors (Lipinski definition) is 2. The van der Waals surface area contributed by atoms with Crippen LogP contribution in [-0.4, -0.2) is 43.2 Å². The third kappa shape index (κ3) is 4.12. The number of sulfonamides is 1. The Balaban J connectivity index is 2.27. The van der Waals surface area contributed by atoms with Crippen LogP contribution in [-0.2, 0) is 19.3 Å². The maximum Gasteiger partial charge on any atom is 0.570 e. The van der Waals surface area contributed by atoms with Crippen molar-refractivity contribution in [2.24, 2.45) is 0 Å². The molecule has 146 valence electrons. The Bertz CT molecular complexity index is 748. The molecule has 2 unspecified atom stereocenters. The minimum absolute atomic E-state index is 0.0538. The van der Waals surface area contributed by atoms with Crippen molar-refractivity contribution in [2.45, 2.75) is 75.3 Å². The fourth-order valence-corrected chi connectivity index (χ4v) is 4.34. The smallest absolute Gasteiger partial charge is 0.390 e. The topological polar surface area (TPSA) is 84.9 Å². The van der Waals surface area contributed by atoms with Crippen molar-refractivity contribution < 1.29 is 27.2 Å². The van der Waals surface area contributed by atoms with Crippen molar-refractivity contribution in [1.29, 1.82) is 0 Å². The van der Waals surface area contributed by atoms with E-state index in [0.29, 0.717) is 0 Å². The normalized spacial score (nSPS) is 25.9. The van der Waals surface area contributed by atoms with E-state index in [9.17, 15) is 13.5 Å². The van der Waals surface area contributed by atoms with E-state index in [2.05, 4.69) is 4.63 Å². The fraction of sp³-hybridized carbons (Fsp3) is 0.647. The summed E-state index contributed by atoms with van der Waals surface area (Å²) in [6.07, 6.45) is -0.207. The van der Waals surface area contributed by atoms with E-state index < -0.39 is 39.7 Å². The minimum atomic E-state index is -3.90. The molecule has 1 saturated heterocycles. The molecule has 0 aliphatic carbocycles. The Morgan fingerprint density at radius 3 is 2.19 bits per heavy atom. The van der Waals surface area contributed by atoms with E-state index >= 15 is 4.39 Å². The van der Waals surface area contributed by atoms with E-state index in [1.165, 1.54) is 39.8 Å². The van der Waals surface area contributed by atoms with Crippen LogP contribution in [0.15, 0.2) is 35.2 Å². The second-order valence-corrected chi connectivity index (χ2v) is 9.95. The fourth-order valence-electron chi connectivity index (χ4n) is 3.33. The van der Waals surface area contributed by atoms with Gasteiger partial charge in [0.15, 0.2) is 0 Å². The molecule has 1 fully saturated rings. The van der Waals surface area contributed by atoms with Crippen molar-refractivity contribution in [1.82, 2.24) is 4.63 Å². The van der Waals surface area contributed by atoms with Crippen LogP contribution in [0.5, 0.6) is 0 Å². The van der Waals surface area contributed by atoms with Crippen LogP contribution in [0, 0.1) is 0 Å². The maximum atomic E-state index is 15.6. The van der Waals surface area contributed by atoms with Gasteiger partial charge in [-0.05, 0) is 53.7 Å². The zero-order valence-electron chi connectivity index (χ0n) is 16.0. The van der Waals surface area contributed by atoms with Gasteiger partial charge in [0, 0.05) is 6.42 Å². The molecule has 1 aliphatic heterocycles. The molecule has 6 nitrogen and oxygen atoms in total. The van der Waals surface area contributed by atoms with Crippen LogP contribution < -0.4 is 4.63 Å². The molecule has 2 atom stereocenters. The molecule has 1 heterocycles. The third-order valence-electron chi connectivity index (χ3n) is 4.96. The number of hydrogen-bond acceptors (Lipinski definition) is 5. The van der Waals surface area contributed by atoms with Crippen LogP contribution in [0.2, 0.25) is 0 Å². The number of nitrogens with one attached hydrogen (secondary N) is 1. The average molecular weight is 387 g/mol. The van der Waals surface area contributed by atoms with E-state index in [4.69, 9.17) is 9.31 Å². The zero-order chi connectivity index (χ0) is 20.0. The monoisotopic (exact) mass is 387 g/mol. The van der Waals surface area contributed by atoms with Crippen molar-refractivity contribution in [3.63, 3.8) is 0 Å². The van der Waals surface area contributed by atoms with Gasteiger partial charge in [-0.2, -0.15) is 4.63 Å². The Hall–Kier alpha value is -0.995. The van der Waals surface area contributed by atoms with Gasteiger partial charge in [0.05, 0.1) is 16.1 Å². The molecule has 0 aromatic heterocycles. The van der Waals surface area contributed by atoms with Gasteiger partial charge < -0.3 is 14.4 Å². The summed E-state index contributed by atoms with van der Waals surface area (Å²) in [7, 11) is -5.25. The molecule has 0 saturated carbocycles. The Morgan fingerprint density at radius 2 is 1.69 bits per heavy atom. The first kappa shape index (κ1) is 21.3. The Labute approximate surface area is 155 Å². The highest BCUT2D eigenvalue weighted by molar-refractivity contribution is 7.90. The molecule has 1 aromatic rings. The van der Waals surface area contributed by atoms with Gasteiger partial charge in [-0.15, -0.1) is 0 Å². The molecular formula is C17H27BFNO5S. The van der Waals surface area contributed by atoms with Crippen LogP contribution >= 0.6 is 0 Å². The summed E-state index contributed by atoms with van der Waals surface area (Å²) in [6, 6.07) is 7.78. The molecule has 1 aliphatic rings. The van der Waals surface area contributed by atoms with Crippen LogP contribution in [0.25, 0.3) is 0 Å². The molecule has 0 spiro atoms. The number of halogens is 1. The minimum Gasteiger partial charge on any atom is -0.390 e. The van der Waals surface area contributed by atoms with E-state index in [0.717, 1.165) is 0 Å². The van der Waals surface area contributed by atoms with Gasteiger partial charge in [0.2, 0.25) is 10.0 Å². The lowest BCUT2D eigenvalue weighted by molar-refractivity contribution is -0.140. The van der Waals surface area contributed by atoms with Crippen molar-refractivity contribution in [3.8, 4) is 0 Å². The lowest BCUT2D eigenvalue weighted by Gasteiger charge is -2.46. The average Bonchev–Trinajstić information content (AvgIpc) is 2.67. The quantitative estimate of drug-likeness (QED) is 0.733. The lowest BCUT2D eigenvalue weighted by atomic mass is 9.71.